The molecule has 0 radical (unpaired) electrons. The van der Waals surface area contributed by atoms with Crippen LogP contribution >= 0.6 is 43.2 Å². The molecule has 0 amide bonds. The number of methoxy groups -OCH3 is 1. The SMILES string of the molecule is CCOC(=O)C1=C(C)N=c2s/c(=C/c3cc(Br)c(OC)c(Br)c3)c(=O)n2[C@@H]1c1ccccc1OC(C)C. The number of benzene rings is 2. The summed E-state index contributed by atoms with van der Waals surface area (Å²) in [6.45, 7) is 7.58. The van der Waals surface area contributed by atoms with Crippen LogP contribution in [-0.4, -0.2) is 30.4 Å². The van der Waals surface area contributed by atoms with Gasteiger partial charge in [0.15, 0.2) is 4.80 Å². The van der Waals surface area contributed by atoms with E-state index in [0.29, 0.717) is 37.7 Å². The molecule has 4 rings (SSSR count). The third-order valence-electron chi connectivity index (χ3n) is 5.62. The first-order chi connectivity index (χ1) is 17.7. The van der Waals surface area contributed by atoms with Gasteiger partial charge in [0, 0.05) is 5.56 Å². The van der Waals surface area contributed by atoms with Crippen molar-refractivity contribution in [3.8, 4) is 11.5 Å². The van der Waals surface area contributed by atoms with Gasteiger partial charge in [0.05, 0.1) is 44.6 Å². The van der Waals surface area contributed by atoms with Crippen molar-refractivity contribution in [2.75, 3.05) is 13.7 Å². The Morgan fingerprint density at radius 3 is 2.51 bits per heavy atom. The van der Waals surface area contributed by atoms with Crippen molar-refractivity contribution in [1.29, 1.82) is 0 Å². The van der Waals surface area contributed by atoms with Crippen LogP contribution in [0.25, 0.3) is 6.08 Å². The van der Waals surface area contributed by atoms with Crippen LogP contribution in [0, 0.1) is 0 Å². The highest BCUT2D eigenvalue weighted by atomic mass is 79.9. The van der Waals surface area contributed by atoms with Gasteiger partial charge in [0.1, 0.15) is 17.5 Å². The summed E-state index contributed by atoms with van der Waals surface area (Å²) in [6.07, 6.45) is 1.70. The number of rotatable bonds is 7. The predicted octanol–water partition coefficient (Wildman–Crippen LogP) is 5.12. The molecule has 0 bridgehead atoms. The second-order valence-electron chi connectivity index (χ2n) is 8.52. The number of nitrogens with zero attached hydrogens (tertiary/aromatic N) is 2. The van der Waals surface area contributed by atoms with Gasteiger partial charge in [-0.2, -0.15) is 0 Å². The standard InChI is InChI=1S/C27H26Br2N2O5S/c1-6-35-26(33)22-15(4)30-27-31(23(22)17-9-7-8-10-20(17)36-14(2)3)25(32)21(37-27)13-16-11-18(28)24(34-5)19(29)12-16/h7-14,23H,6H2,1-5H3/b21-13+/t23-/m1/s1. The quantitative estimate of drug-likeness (QED) is 0.332. The summed E-state index contributed by atoms with van der Waals surface area (Å²) in [7, 11) is 1.59. The fraction of sp³-hybridized carbons (Fsp3) is 0.296. The maximum Gasteiger partial charge on any atom is 0.338 e. The number of allylic oxidation sites excluding steroid dienone is 1. The van der Waals surface area contributed by atoms with Crippen LogP contribution < -0.4 is 24.4 Å². The maximum atomic E-state index is 13.9. The molecule has 2 heterocycles. The Kier molecular flexibility index (Phi) is 8.40. The van der Waals surface area contributed by atoms with Gasteiger partial charge in [-0.1, -0.05) is 29.5 Å². The minimum Gasteiger partial charge on any atom is -0.494 e. The molecule has 0 N–H and O–H groups in total. The average molecular weight is 650 g/mol. The highest BCUT2D eigenvalue weighted by molar-refractivity contribution is 9.11. The predicted molar refractivity (Wildman–Crippen MR) is 151 cm³/mol. The highest BCUT2D eigenvalue weighted by Gasteiger charge is 2.35. The number of hydrogen-bond donors (Lipinski definition) is 0. The summed E-state index contributed by atoms with van der Waals surface area (Å²) in [5, 5.41) is 0. The number of hydrogen-bond acceptors (Lipinski definition) is 7. The van der Waals surface area contributed by atoms with E-state index in [4.69, 9.17) is 14.2 Å². The van der Waals surface area contributed by atoms with Crippen LogP contribution in [0.4, 0.5) is 0 Å². The van der Waals surface area contributed by atoms with E-state index in [2.05, 4.69) is 36.9 Å². The summed E-state index contributed by atoms with van der Waals surface area (Å²) < 4.78 is 20.4. The third-order valence-corrected chi connectivity index (χ3v) is 7.78. The molecule has 2 aromatic carbocycles. The largest absolute Gasteiger partial charge is 0.494 e. The number of para-hydroxylation sites is 1. The van der Waals surface area contributed by atoms with Crippen molar-refractivity contribution in [3.63, 3.8) is 0 Å². The molecule has 0 saturated heterocycles. The van der Waals surface area contributed by atoms with Crippen LogP contribution in [0.2, 0.25) is 0 Å². The molecule has 0 spiro atoms. The van der Waals surface area contributed by atoms with Gasteiger partial charge in [-0.3, -0.25) is 9.36 Å². The van der Waals surface area contributed by atoms with Crippen LogP contribution in [0.15, 0.2) is 66.4 Å². The number of ether oxygens (including phenoxy) is 3. The molecule has 0 fully saturated rings. The Hall–Kier alpha value is -2.69. The molecular weight excluding hydrogens is 624 g/mol. The Bertz CT molecular complexity index is 1550. The molecule has 10 heteroatoms. The number of fused-ring (bicyclic) bond motifs is 1. The third kappa shape index (κ3) is 5.46. The van der Waals surface area contributed by atoms with E-state index >= 15 is 0 Å². The first kappa shape index (κ1) is 27.3. The van der Waals surface area contributed by atoms with Crippen molar-refractivity contribution in [1.82, 2.24) is 4.57 Å². The Labute approximate surface area is 235 Å². The molecule has 1 aliphatic rings. The van der Waals surface area contributed by atoms with Crippen molar-refractivity contribution < 1.29 is 19.0 Å². The second kappa shape index (κ2) is 11.4. The number of thiazole rings is 1. The lowest BCUT2D eigenvalue weighted by Crippen LogP contribution is -2.40. The van der Waals surface area contributed by atoms with E-state index in [-0.39, 0.29) is 18.3 Å². The lowest BCUT2D eigenvalue weighted by atomic mass is 9.95. The van der Waals surface area contributed by atoms with Gasteiger partial charge < -0.3 is 14.2 Å². The lowest BCUT2D eigenvalue weighted by Gasteiger charge is -2.26. The van der Waals surface area contributed by atoms with E-state index in [1.54, 1.807) is 31.6 Å². The summed E-state index contributed by atoms with van der Waals surface area (Å²) in [5.74, 6) is 0.747. The fourth-order valence-corrected chi connectivity index (χ4v) is 6.75. The topological polar surface area (TPSA) is 79.1 Å². The van der Waals surface area contributed by atoms with Gasteiger partial charge in [-0.25, -0.2) is 9.79 Å². The monoisotopic (exact) mass is 648 g/mol. The molecule has 3 aromatic rings. The van der Waals surface area contributed by atoms with E-state index < -0.39 is 12.0 Å². The van der Waals surface area contributed by atoms with Gasteiger partial charge >= 0.3 is 5.97 Å². The van der Waals surface area contributed by atoms with Crippen LogP contribution in [-0.2, 0) is 9.53 Å². The summed E-state index contributed by atoms with van der Waals surface area (Å²) in [4.78, 5) is 32.2. The van der Waals surface area contributed by atoms with E-state index in [1.165, 1.54) is 11.3 Å². The molecule has 7 nitrogen and oxygen atoms in total. The Morgan fingerprint density at radius 1 is 1.22 bits per heavy atom. The minimum absolute atomic E-state index is 0.0972. The molecule has 1 atom stereocenters. The zero-order chi connectivity index (χ0) is 26.9. The Morgan fingerprint density at radius 2 is 1.89 bits per heavy atom. The normalized spacial score (nSPS) is 15.5. The van der Waals surface area contributed by atoms with Gasteiger partial charge in [-0.05, 0) is 89.4 Å². The molecule has 37 heavy (non-hydrogen) atoms. The molecule has 0 saturated carbocycles. The van der Waals surface area contributed by atoms with Crippen molar-refractivity contribution in [3.05, 3.63) is 87.4 Å². The number of halogens is 2. The molecule has 1 aromatic heterocycles. The second-order valence-corrected chi connectivity index (χ2v) is 11.2. The van der Waals surface area contributed by atoms with Gasteiger partial charge in [-0.15, -0.1) is 0 Å². The highest BCUT2D eigenvalue weighted by Crippen LogP contribution is 2.37. The number of carbonyl (C=O) groups excluding carboxylic acids is 1. The van der Waals surface area contributed by atoms with E-state index in [9.17, 15) is 9.59 Å². The number of esters is 1. The lowest BCUT2D eigenvalue weighted by molar-refractivity contribution is -0.139. The Balaban J connectivity index is 1.97. The average Bonchev–Trinajstić information content (AvgIpc) is 3.12. The van der Waals surface area contributed by atoms with Gasteiger partial charge in [0.2, 0.25) is 0 Å². The van der Waals surface area contributed by atoms with Crippen LogP contribution in [0.3, 0.4) is 0 Å². The van der Waals surface area contributed by atoms with Crippen LogP contribution in [0.1, 0.15) is 44.9 Å². The zero-order valence-electron chi connectivity index (χ0n) is 21.0. The molecule has 1 aliphatic heterocycles. The van der Waals surface area contributed by atoms with Gasteiger partial charge in [0.25, 0.3) is 5.56 Å². The number of aromatic nitrogens is 1. The fourth-order valence-electron chi connectivity index (χ4n) is 4.16. The van der Waals surface area contributed by atoms with E-state index in [1.807, 2.05) is 50.2 Å². The van der Waals surface area contributed by atoms with Crippen molar-refractivity contribution in [2.45, 2.75) is 39.8 Å². The van der Waals surface area contributed by atoms with E-state index in [0.717, 1.165) is 14.5 Å². The van der Waals surface area contributed by atoms with Crippen molar-refractivity contribution >= 4 is 55.2 Å². The van der Waals surface area contributed by atoms with Crippen LogP contribution in [0.5, 0.6) is 11.5 Å². The first-order valence-corrected chi connectivity index (χ1v) is 14.0. The maximum absolute atomic E-state index is 13.9. The van der Waals surface area contributed by atoms with Crippen molar-refractivity contribution in [2.24, 2.45) is 4.99 Å². The smallest absolute Gasteiger partial charge is 0.338 e. The minimum atomic E-state index is -0.748. The molecule has 0 aliphatic carbocycles. The molecule has 0 unspecified atom stereocenters. The molecule has 194 valence electrons. The first-order valence-electron chi connectivity index (χ1n) is 11.6. The summed E-state index contributed by atoms with van der Waals surface area (Å²) in [6, 6.07) is 10.4. The summed E-state index contributed by atoms with van der Waals surface area (Å²) in [5.41, 5.74) is 2.05. The molecular formula is C27H26Br2N2O5S. The number of carbonyl (C=O) groups is 1. The zero-order valence-corrected chi connectivity index (χ0v) is 25.0. The summed E-state index contributed by atoms with van der Waals surface area (Å²) >= 11 is 8.30.